The van der Waals surface area contributed by atoms with E-state index in [1.807, 2.05) is 31.2 Å². The molecule has 0 aliphatic carbocycles. The Labute approximate surface area is 164 Å². The van der Waals surface area contributed by atoms with Crippen LogP contribution in [-0.2, 0) is 6.54 Å². The van der Waals surface area contributed by atoms with Crippen LogP contribution in [0.5, 0.6) is 5.75 Å². The first-order valence-electron chi connectivity index (χ1n) is 8.46. The molecule has 0 unspecified atom stereocenters. The van der Waals surface area contributed by atoms with E-state index >= 15 is 0 Å². The second-order valence-electron chi connectivity index (χ2n) is 5.60. The van der Waals surface area contributed by atoms with Crippen molar-refractivity contribution >= 4 is 28.8 Å². The van der Waals surface area contributed by atoms with E-state index in [2.05, 4.69) is 20.8 Å². The van der Waals surface area contributed by atoms with Crippen molar-refractivity contribution < 1.29 is 18.7 Å². The lowest BCUT2D eigenvalue weighted by Gasteiger charge is -2.10. The zero-order valence-electron chi connectivity index (χ0n) is 14.9. The molecule has 2 amide bonds. The fourth-order valence-electron chi connectivity index (χ4n) is 2.32. The summed E-state index contributed by atoms with van der Waals surface area (Å²) in [5.41, 5.74) is 1.25. The lowest BCUT2D eigenvalue weighted by Crippen LogP contribution is -2.23. The minimum atomic E-state index is -0.523. The minimum Gasteiger partial charge on any atom is -0.494 e. The van der Waals surface area contributed by atoms with Crippen molar-refractivity contribution in [3.63, 3.8) is 0 Å². The highest BCUT2D eigenvalue weighted by Crippen LogP contribution is 2.18. The maximum Gasteiger partial charge on any atom is 0.286 e. The van der Waals surface area contributed by atoms with Gasteiger partial charge < -0.3 is 15.4 Å². The number of nitrogens with one attached hydrogen (secondary N) is 2. The average molecular weight is 400 g/mol. The highest BCUT2D eigenvalue weighted by atomic mass is 32.1. The zero-order chi connectivity index (χ0) is 19.9. The van der Waals surface area contributed by atoms with Gasteiger partial charge in [-0.2, -0.15) is 0 Å². The molecule has 7 nitrogen and oxygen atoms in total. The van der Waals surface area contributed by atoms with Gasteiger partial charge in [0.15, 0.2) is 0 Å². The van der Waals surface area contributed by atoms with Gasteiger partial charge >= 0.3 is 0 Å². The van der Waals surface area contributed by atoms with E-state index in [0.29, 0.717) is 18.0 Å². The van der Waals surface area contributed by atoms with Crippen LogP contribution in [0.15, 0.2) is 48.5 Å². The van der Waals surface area contributed by atoms with Crippen LogP contribution < -0.4 is 15.4 Å². The third kappa shape index (κ3) is 4.89. The monoisotopic (exact) mass is 400 g/mol. The maximum atomic E-state index is 12.9. The van der Waals surface area contributed by atoms with E-state index in [-0.39, 0.29) is 16.6 Å². The SMILES string of the molecule is CCOc1ccccc1CNC(=O)c1nnc(C(=O)Nc2ccc(F)cc2)s1. The van der Waals surface area contributed by atoms with Crippen molar-refractivity contribution in [1.29, 1.82) is 0 Å². The summed E-state index contributed by atoms with van der Waals surface area (Å²) in [5, 5.41) is 12.9. The number of para-hydroxylation sites is 1. The summed E-state index contributed by atoms with van der Waals surface area (Å²) in [6, 6.07) is 12.7. The Bertz CT molecular complexity index is 975. The van der Waals surface area contributed by atoms with E-state index in [1.165, 1.54) is 24.3 Å². The molecule has 0 aliphatic rings. The predicted molar refractivity (Wildman–Crippen MR) is 103 cm³/mol. The summed E-state index contributed by atoms with van der Waals surface area (Å²) >= 11 is 0.869. The fourth-order valence-corrected chi connectivity index (χ4v) is 2.98. The summed E-state index contributed by atoms with van der Waals surface area (Å²) in [6.07, 6.45) is 0. The number of ether oxygens (including phenoxy) is 1. The van der Waals surface area contributed by atoms with Gasteiger partial charge in [0, 0.05) is 17.8 Å². The van der Waals surface area contributed by atoms with Gasteiger partial charge in [0.2, 0.25) is 10.0 Å². The molecule has 2 N–H and O–H groups in total. The molecule has 3 rings (SSSR count). The maximum absolute atomic E-state index is 12.9. The highest BCUT2D eigenvalue weighted by molar-refractivity contribution is 7.15. The Morgan fingerprint density at radius 3 is 2.43 bits per heavy atom. The number of hydrogen-bond donors (Lipinski definition) is 2. The number of carbonyl (C=O) groups excluding carboxylic acids is 2. The Morgan fingerprint density at radius 1 is 1.04 bits per heavy atom. The van der Waals surface area contributed by atoms with Crippen LogP contribution in [0.4, 0.5) is 10.1 Å². The summed E-state index contributed by atoms with van der Waals surface area (Å²) < 4.78 is 18.4. The van der Waals surface area contributed by atoms with Gasteiger partial charge in [-0.3, -0.25) is 9.59 Å². The van der Waals surface area contributed by atoms with E-state index < -0.39 is 17.6 Å². The van der Waals surface area contributed by atoms with E-state index in [9.17, 15) is 14.0 Å². The van der Waals surface area contributed by atoms with Crippen molar-refractivity contribution in [3.8, 4) is 5.75 Å². The van der Waals surface area contributed by atoms with Crippen LogP contribution in [0.25, 0.3) is 0 Å². The molecule has 0 radical (unpaired) electrons. The number of anilines is 1. The molecule has 144 valence electrons. The largest absolute Gasteiger partial charge is 0.494 e. The lowest BCUT2D eigenvalue weighted by atomic mass is 10.2. The van der Waals surface area contributed by atoms with Crippen molar-refractivity contribution in [2.24, 2.45) is 0 Å². The molecular weight excluding hydrogens is 383 g/mol. The third-order valence-corrected chi connectivity index (χ3v) is 4.55. The number of nitrogens with zero attached hydrogens (tertiary/aromatic N) is 2. The molecule has 0 saturated carbocycles. The lowest BCUT2D eigenvalue weighted by molar-refractivity contribution is 0.0948. The average Bonchev–Trinajstić information content (AvgIpc) is 3.20. The molecular formula is C19H17FN4O3S. The Hall–Kier alpha value is -3.33. The molecule has 9 heteroatoms. The first-order valence-corrected chi connectivity index (χ1v) is 9.27. The minimum absolute atomic E-state index is 0.0317. The van der Waals surface area contributed by atoms with Crippen molar-refractivity contribution in [2.75, 3.05) is 11.9 Å². The standard InChI is InChI=1S/C19H17FN4O3S/c1-2-27-15-6-4-3-5-12(15)11-21-16(25)18-23-24-19(28-18)17(26)22-14-9-7-13(20)8-10-14/h3-10H,2,11H2,1H3,(H,21,25)(H,22,26). The van der Waals surface area contributed by atoms with Crippen LogP contribution in [0, 0.1) is 5.82 Å². The number of amides is 2. The summed E-state index contributed by atoms with van der Waals surface area (Å²) in [7, 11) is 0. The summed E-state index contributed by atoms with van der Waals surface area (Å²) in [5.74, 6) is -0.671. The molecule has 1 aromatic heterocycles. The predicted octanol–water partition coefficient (Wildman–Crippen LogP) is 3.26. The first kappa shape index (κ1) is 19.4. The van der Waals surface area contributed by atoms with Crippen LogP contribution in [0.1, 0.15) is 32.1 Å². The van der Waals surface area contributed by atoms with Gasteiger partial charge in [-0.15, -0.1) is 10.2 Å². The Balaban J connectivity index is 1.61. The molecule has 0 bridgehead atoms. The van der Waals surface area contributed by atoms with Gasteiger partial charge in [-0.1, -0.05) is 29.5 Å². The molecule has 0 spiro atoms. The zero-order valence-corrected chi connectivity index (χ0v) is 15.8. The van der Waals surface area contributed by atoms with Gasteiger partial charge in [-0.05, 0) is 37.3 Å². The second-order valence-corrected chi connectivity index (χ2v) is 6.57. The molecule has 3 aromatic rings. The van der Waals surface area contributed by atoms with Crippen LogP contribution >= 0.6 is 11.3 Å². The number of benzene rings is 2. The molecule has 0 saturated heterocycles. The van der Waals surface area contributed by atoms with Gasteiger partial charge in [0.1, 0.15) is 11.6 Å². The van der Waals surface area contributed by atoms with Gasteiger partial charge in [0.25, 0.3) is 11.8 Å². The third-order valence-electron chi connectivity index (χ3n) is 3.63. The van der Waals surface area contributed by atoms with E-state index in [0.717, 1.165) is 16.9 Å². The molecule has 0 fully saturated rings. The number of halogens is 1. The second kappa shape index (κ2) is 9.05. The normalized spacial score (nSPS) is 10.4. The summed E-state index contributed by atoms with van der Waals surface area (Å²) in [4.78, 5) is 24.5. The quantitative estimate of drug-likeness (QED) is 0.635. The first-order chi connectivity index (χ1) is 13.6. The Morgan fingerprint density at radius 2 is 1.71 bits per heavy atom. The molecule has 1 heterocycles. The van der Waals surface area contributed by atoms with Crippen molar-refractivity contribution in [1.82, 2.24) is 15.5 Å². The fraction of sp³-hybridized carbons (Fsp3) is 0.158. The Kier molecular flexibility index (Phi) is 6.28. The number of rotatable bonds is 7. The number of hydrogen-bond acceptors (Lipinski definition) is 6. The molecule has 0 aliphatic heterocycles. The number of aromatic nitrogens is 2. The van der Waals surface area contributed by atoms with Crippen LogP contribution in [0.3, 0.4) is 0 Å². The summed E-state index contributed by atoms with van der Waals surface area (Å²) in [6.45, 7) is 2.66. The van der Waals surface area contributed by atoms with Crippen LogP contribution in [-0.4, -0.2) is 28.6 Å². The van der Waals surface area contributed by atoms with E-state index in [4.69, 9.17) is 4.74 Å². The molecule has 0 atom stereocenters. The molecule has 28 heavy (non-hydrogen) atoms. The smallest absolute Gasteiger partial charge is 0.286 e. The molecule has 2 aromatic carbocycles. The topological polar surface area (TPSA) is 93.2 Å². The van der Waals surface area contributed by atoms with E-state index in [1.54, 1.807) is 0 Å². The van der Waals surface area contributed by atoms with Crippen molar-refractivity contribution in [3.05, 3.63) is 69.9 Å². The van der Waals surface area contributed by atoms with Gasteiger partial charge in [0.05, 0.1) is 6.61 Å². The van der Waals surface area contributed by atoms with Gasteiger partial charge in [-0.25, -0.2) is 4.39 Å². The highest BCUT2D eigenvalue weighted by Gasteiger charge is 2.18. The van der Waals surface area contributed by atoms with Crippen LogP contribution in [0.2, 0.25) is 0 Å². The number of carbonyl (C=O) groups is 2. The van der Waals surface area contributed by atoms with Crippen molar-refractivity contribution in [2.45, 2.75) is 13.5 Å².